The molecule has 6 rings (SSSR count). The number of carbonyl (C=O) groups is 1. The summed E-state index contributed by atoms with van der Waals surface area (Å²) in [5, 5.41) is 14.4. The highest BCUT2D eigenvalue weighted by Gasteiger charge is 2.42. The average Bonchev–Trinajstić information content (AvgIpc) is 3.59. The molecule has 5 aromatic rings. The quantitative estimate of drug-likeness (QED) is 0.235. The fourth-order valence-electron chi connectivity index (χ4n) is 5.27. The number of fused-ring (bicyclic) bond motifs is 1. The Morgan fingerprint density at radius 2 is 1.72 bits per heavy atom. The van der Waals surface area contributed by atoms with Gasteiger partial charge < -0.3 is 14.6 Å². The van der Waals surface area contributed by atoms with Crippen molar-refractivity contribution in [1.82, 2.24) is 19.1 Å². The molecule has 3 aromatic carbocycles. The van der Waals surface area contributed by atoms with Gasteiger partial charge in [-0.15, -0.1) is 0 Å². The number of aromatic nitrogens is 3. The molecule has 220 valence electrons. The maximum Gasteiger partial charge on any atom is 0.309 e. The van der Waals surface area contributed by atoms with Crippen LogP contribution in [0.15, 0.2) is 102 Å². The number of halogens is 1. The number of hydrogen-bond donors (Lipinski definition) is 1. The molecule has 0 bridgehead atoms. The van der Waals surface area contributed by atoms with Gasteiger partial charge in [0, 0.05) is 24.2 Å². The molecule has 0 radical (unpaired) electrons. The van der Waals surface area contributed by atoms with Crippen LogP contribution in [0, 0.1) is 5.82 Å². The number of nitrogens with zero attached hydrogens (tertiary/aromatic N) is 4. The molecule has 1 aliphatic heterocycles. The first-order valence-corrected chi connectivity index (χ1v) is 15.0. The maximum absolute atomic E-state index is 14.3. The van der Waals surface area contributed by atoms with Crippen molar-refractivity contribution >= 4 is 26.9 Å². The molecule has 1 fully saturated rings. The molecule has 12 heteroatoms. The molecule has 0 unspecified atom stereocenters. The number of hydrogen-bond acceptors (Lipinski definition) is 7. The standard InChI is InChI=1S/C31H27FN4O6S/c32-21-9-14-27-28(18-31(37)38)34-36(29(27)16-21)22-17-23(20-41-30-8-4-5-15-33-30)35(19-22)43(39,40)26-12-10-25(11-13-26)42-24-6-2-1-3-7-24/h1-16,22-23H,17-20H2,(H,37,38)/t22-,23-/m1/s1. The number of pyridine rings is 1. The van der Waals surface area contributed by atoms with E-state index in [4.69, 9.17) is 9.47 Å². The fourth-order valence-corrected chi connectivity index (χ4v) is 6.93. The van der Waals surface area contributed by atoms with Gasteiger partial charge in [-0.05, 0) is 67.1 Å². The van der Waals surface area contributed by atoms with E-state index >= 15 is 0 Å². The molecule has 2 atom stereocenters. The van der Waals surface area contributed by atoms with Crippen LogP contribution in [-0.4, -0.2) is 57.8 Å². The molecular weight excluding hydrogens is 575 g/mol. The van der Waals surface area contributed by atoms with Crippen LogP contribution in [0.2, 0.25) is 0 Å². The molecule has 3 heterocycles. The largest absolute Gasteiger partial charge is 0.481 e. The first-order valence-electron chi connectivity index (χ1n) is 13.5. The predicted octanol–water partition coefficient (Wildman–Crippen LogP) is 5.07. The Morgan fingerprint density at radius 3 is 2.44 bits per heavy atom. The number of ether oxygens (including phenoxy) is 2. The van der Waals surface area contributed by atoms with E-state index in [2.05, 4.69) is 10.1 Å². The Morgan fingerprint density at radius 1 is 0.977 bits per heavy atom. The van der Waals surface area contributed by atoms with Crippen LogP contribution in [0.4, 0.5) is 4.39 Å². The Hall–Kier alpha value is -4.81. The number of carboxylic acid groups (broad SMARTS) is 1. The molecule has 0 spiro atoms. The second-order valence-corrected chi connectivity index (χ2v) is 12.0. The molecule has 10 nitrogen and oxygen atoms in total. The van der Waals surface area contributed by atoms with Gasteiger partial charge in [-0.25, -0.2) is 17.8 Å². The van der Waals surface area contributed by atoms with Crippen LogP contribution in [0.3, 0.4) is 0 Å². The van der Waals surface area contributed by atoms with E-state index in [0.717, 1.165) is 0 Å². The number of carboxylic acids is 1. The molecule has 0 saturated carbocycles. The van der Waals surface area contributed by atoms with Gasteiger partial charge in [-0.1, -0.05) is 24.3 Å². The normalized spacial score (nSPS) is 17.2. The minimum Gasteiger partial charge on any atom is -0.481 e. The van der Waals surface area contributed by atoms with E-state index in [0.29, 0.717) is 34.7 Å². The van der Waals surface area contributed by atoms with Crippen LogP contribution >= 0.6 is 0 Å². The predicted molar refractivity (Wildman–Crippen MR) is 155 cm³/mol. The highest BCUT2D eigenvalue weighted by atomic mass is 32.2. The van der Waals surface area contributed by atoms with Crippen molar-refractivity contribution < 1.29 is 32.2 Å². The highest BCUT2D eigenvalue weighted by molar-refractivity contribution is 7.89. The maximum atomic E-state index is 14.3. The summed E-state index contributed by atoms with van der Waals surface area (Å²) >= 11 is 0. The van der Waals surface area contributed by atoms with Crippen LogP contribution in [-0.2, 0) is 21.2 Å². The summed E-state index contributed by atoms with van der Waals surface area (Å²) in [5.74, 6) is -0.132. The van der Waals surface area contributed by atoms with Crippen molar-refractivity contribution in [3.8, 4) is 17.4 Å². The summed E-state index contributed by atoms with van der Waals surface area (Å²) < 4.78 is 56.9. The minimum atomic E-state index is -4.03. The van der Waals surface area contributed by atoms with Crippen molar-refractivity contribution in [3.05, 3.63) is 109 Å². The van der Waals surface area contributed by atoms with Crippen LogP contribution < -0.4 is 9.47 Å². The number of rotatable bonds is 10. The van der Waals surface area contributed by atoms with Crippen LogP contribution in [0.25, 0.3) is 10.9 Å². The average molecular weight is 603 g/mol. The van der Waals surface area contributed by atoms with Crippen molar-refractivity contribution in [3.63, 3.8) is 0 Å². The van der Waals surface area contributed by atoms with Crippen molar-refractivity contribution in [1.29, 1.82) is 0 Å². The highest BCUT2D eigenvalue weighted by Crippen LogP contribution is 2.36. The van der Waals surface area contributed by atoms with E-state index in [1.54, 1.807) is 48.7 Å². The summed E-state index contributed by atoms with van der Waals surface area (Å²) in [7, 11) is -4.03. The summed E-state index contributed by atoms with van der Waals surface area (Å²) in [6, 6.07) is 23.4. The summed E-state index contributed by atoms with van der Waals surface area (Å²) in [4.78, 5) is 15.7. The van der Waals surface area contributed by atoms with Gasteiger partial charge >= 0.3 is 5.97 Å². The lowest BCUT2D eigenvalue weighted by Gasteiger charge is -2.24. The van der Waals surface area contributed by atoms with Gasteiger partial charge in [0.2, 0.25) is 15.9 Å². The molecule has 43 heavy (non-hydrogen) atoms. The lowest BCUT2D eigenvalue weighted by Crippen LogP contribution is -2.39. The molecule has 1 saturated heterocycles. The third kappa shape index (κ3) is 6.06. The van der Waals surface area contributed by atoms with E-state index in [1.807, 2.05) is 18.2 Å². The monoisotopic (exact) mass is 602 g/mol. The zero-order valence-electron chi connectivity index (χ0n) is 22.8. The van der Waals surface area contributed by atoms with E-state index in [1.165, 1.54) is 39.3 Å². The molecular formula is C31H27FN4O6S. The van der Waals surface area contributed by atoms with Crippen molar-refractivity contribution in [2.24, 2.45) is 0 Å². The van der Waals surface area contributed by atoms with E-state index in [9.17, 15) is 22.7 Å². The molecule has 0 amide bonds. The first-order chi connectivity index (χ1) is 20.8. The smallest absolute Gasteiger partial charge is 0.309 e. The van der Waals surface area contributed by atoms with E-state index < -0.39 is 33.9 Å². The number of sulfonamides is 1. The van der Waals surface area contributed by atoms with E-state index in [-0.39, 0.29) is 30.2 Å². The number of para-hydroxylation sites is 1. The van der Waals surface area contributed by atoms with Gasteiger partial charge in [0.15, 0.2) is 0 Å². The van der Waals surface area contributed by atoms with Gasteiger partial charge in [0.05, 0.1) is 34.6 Å². The second-order valence-electron chi connectivity index (χ2n) is 10.1. The molecule has 1 N–H and O–H groups in total. The number of benzene rings is 3. The summed E-state index contributed by atoms with van der Waals surface area (Å²) in [6.07, 6.45) is 1.52. The zero-order chi connectivity index (χ0) is 30.0. The van der Waals surface area contributed by atoms with Gasteiger partial charge in [-0.2, -0.15) is 9.40 Å². The lowest BCUT2D eigenvalue weighted by molar-refractivity contribution is -0.136. The summed E-state index contributed by atoms with van der Waals surface area (Å²) in [5.41, 5.74) is 0.673. The molecule has 2 aromatic heterocycles. The van der Waals surface area contributed by atoms with Gasteiger partial charge in [0.1, 0.15) is 23.9 Å². The SMILES string of the molecule is O=C(O)Cc1nn([C@@H]2C[C@H](COc3ccccn3)N(S(=O)(=O)c3ccc(Oc4ccccc4)cc3)C2)c2cc(F)ccc12. The topological polar surface area (TPSA) is 124 Å². The van der Waals surface area contributed by atoms with Crippen molar-refractivity contribution in [2.75, 3.05) is 13.2 Å². The molecule has 1 aliphatic rings. The molecule has 0 aliphatic carbocycles. The first kappa shape index (κ1) is 28.3. The zero-order valence-corrected chi connectivity index (χ0v) is 23.6. The summed E-state index contributed by atoms with van der Waals surface area (Å²) in [6.45, 7) is 0.0259. The fraction of sp³-hybridized carbons (Fsp3) is 0.194. The van der Waals surface area contributed by atoms with Crippen LogP contribution in [0.1, 0.15) is 18.2 Å². The van der Waals surface area contributed by atoms with Crippen LogP contribution in [0.5, 0.6) is 17.4 Å². The Bertz CT molecular complexity index is 1850. The Labute approximate surface area is 247 Å². The van der Waals surface area contributed by atoms with Crippen molar-refractivity contribution in [2.45, 2.75) is 29.8 Å². The third-order valence-corrected chi connectivity index (χ3v) is 9.16. The Balaban J connectivity index is 1.32. The Kier molecular flexibility index (Phi) is 7.78. The third-order valence-electron chi connectivity index (χ3n) is 7.22. The van der Waals surface area contributed by atoms with Gasteiger partial charge in [-0.3, -0.25) is 9.48 Å². The second kappa shape index (κ2) is 11.8. The van der Waals surface area contributed by atoms with Gasteiger partial charge in [0.25, 0.3) is 0 Å². The lowest BCUT2D eigenvalue weighted by atomic mass is 10.1. The minimum absolute atomic E-state index is 0.0114. The number of aliphatic carboxylic acids is 1.